The smallest absolute Gasteiger partial charge is 0.263 e. The molecule has 0 spiro atoms. The number of H-pyrrole nitrogens is 1. The lowest BCUT2D eigenvalue weighted by Crippen LogP contribution is -2.37. The van der Waals surface area contributed by atoms with E-state index >= 15 is 0 Å². The Morgan fingerprint density at radius 3 is 2.83 bits per heavy atom. The highest BCUT2D eigenvalue weighted by Gasteiger charge is 2.26. The van der Waals surface area contributed by atoms with Crippen LogP contribution in [-0.4, -0.2) is 34.1 Å². The summed E-state index contributed by atoms with van der Waals surface area (Å²) in [5.74, 6) is 0.667. The van der Waals surface area contributed by atoms with Gasteiger partial charge in [0.25, 0.3) is 5.91 Å². The fourth-order valence-electron chi connectivity index (χ4n) is 3.36. The molecule has 0 aliphatic carbocycles. The Balaban J connectivity index is 1.50. The number of aromatic nitrogens is 2. The maximum Gasteiger partial charge on any atom is 0.263 e. The van der Waals surface area contributed by atoms with Crippen LogP contribution in [-0.2, 0) is 0 Å². The predicted octanol–water partition coefficient (Wildman–Crippen LogP) is 3.95. The topological polar surface area (TPSA) is 49.0 Å². The van der Waals surface area contributed by atoms with E-state index < -0.39 is 0 Å². The van der Waals surface area contributed by atoms with Crippen molar-refractivity contribution in [2.24, 2.45) is 0 Å². The van der Waals surface area contributed by atoms with Crippen LogP contribution < -0.4 is 0 Å². The quantitative estimate of drug-likeness (QED) is 0.775. The summed E-state index contributed by atoms with van der Waals surface area (Å²) >= 11 is 1.62. The Morgan fingerprint density at radius 1 is 1.30 bits per heavy atom. The molecular weight excluding hydrogens is 306 g/mol. The molecule has 1 saturated heterocycles. The van der Waals surface area contributed by atoms with Gasteiger partial charge in [-0.15, -0.1) is 11.3 Å². The molecule has 0 bridgehead atoms. The van der Waals surface area contributed by atoms with Crippen molar-refractivity contribution in [3.8, 4) is 0 Å². The molecule has 1 aliphatic heterocycles. The second-order valence-electron chi connectivity index (χ2n) is 6.18. The summed E-state index contributed by atoms with van der Waals surface area (Å²) in [5, 5.41) is 8.25. The van der Waals surface area contributed by atoms with Crippen LogP contribution in [0.15, 0.2) is 36.5 Å². The number of aromatic amines is 1. The number of hydrogen-bond acceptors (Lipinski definition) is 3. The second kappa shape index (κ2) is 5.81. The Labute approximate surface area is 139 Å². The number of hydrogen-bond donors (Lipinski definition) is 1. The first-order chi connectivity index (χ1) is 11.2. The third kappa shape index (κ3) is 2.65. The van der Waals surface area contributed by atoms with Gasteiger partial charge in [0.15, 0.2) is 0 Å². The molecule has 1 aromatic carbocycles. The SMILES string of the molecule is Cc1cccc2cc(C(=O)N3CCC(c4ccn[nH]4)CC3)sc12. The highest BCUT2D eigenvalue weighted by Crippen LogP contribution is 2.31. The molecule has 0 saturated carbocycles. The second-order valence-corrected chi connectivity index (χ2v) is 7.23. The minimum absolute atomic E-state index is 0.175. The van der Waals surface area contributed by atoms with Gasteiger partial charge in [0, 0.05) is 35.6 Å². The van der Waals surface area contributed by atoms with Gasteiger partial charge in [0.2, 0.25) is 0 Å². The van der Waals surface area contributed by atoms with Crippen molar-refractivity contribution >= 4 is 27.3 Å². The number of carbonyl (C=O) groups is 1. The highest BCUT2D eigenvalue weighted by atomic mass is 32.1. The van der Waals surface area contributed by atoms with Gasteiger partial charge in [-0.3, -0.25) is 9.89 Å². The van der Waals surface area contributed by atoms with Gasteiger partial charge < -0.3 is 4.90 Å². The normalized spacial score (nSPS) is 16.1. The molecule has 4 nitrogen and oxygen atoms in total. The number of nitrogens with zero attached hydrogens (tertiary/aromatic N) is 2. The zero-order valence-corrected chi connectivity index (χ0v) is 13.9. The summed E-state index contributed by atoms with van der Waals surface area (Å²) in [5.41, 5.74) is 2.43. The van der Waals surface area contributed by atoms with E-state index in [2.05, 4.69) is 35.3 Å². The lowest BCUT2D eigenvalue weighted by molar-refractivity contribution is 0.0717. The minimum Gasteiger partial charge on any atom is -0.338 e. The third-order valence-corrected chi connectivity index (χ3v) is 5.97. The van der Waals surface area contributed by atoms with Crippen molar-refractivity contribution < 1.29 is 4.79 Å². The third-order valence-electron chi connectivity index (χ3n) is 4.70. The van der Waals surface area contributed by atoms with Gasteiger partial charge in [0.1, 0.15) is 0 Å². The van der Waals surface area contributed by atoms with Gasteiger partial charge in [-0.25, -0.2) is 0 Å². The molecule has 1 N–H and O–H groups in total. The first kappa shape index (κ1) is 14.5. The van der Waals surface area contributed by atoms with Crippen LogP contribution in [0.1, 0.15) is 39.7 Å². The van der Waals surface area contributed by atoms with Crippen molar-refractivity contribution in [3.05, 3.63) is 52.7 Å². The Hall–Kier alpha value is -2.14. The molecular formula is C18H19N3OS. The zero-order valence-electron chi connectivity index (χ0n) is 13.1. The molecule has 1 fully saturated rings. The van der Waals surface area contributed by atoms with Gasteiger partial charge in [-0.05, 0) is 42.8 Å². The fourth-order valence-corrected chi connectivity index (χ4v) is 4.45. The van der Waals surface area contributed by atoms with Crippen molar-refractivity contribution in [2.45, 2.75) is 25.7 Å². The first-order valence-corrected chi connectivity index (χ1v) is 8.82. The van der Waals surface area contributed by atoms with Crippen LogP contribution in [0, 0.1) is 6.92 Å². The Kier molecular flexibility index (Phi) is 3.65. The monoisotopic (exact) mass is 325 g/mol. The molecule has 5 heteroatoms. The standard InChI is InChI=1S/C18H19N3OS/c1-12-3-2-4-14-11-16(23-17(12)14)18(22)21-9-6-13(7-10-21)15-5-8-19-20-15/h2-5,8,11,13H,6-7,9-10H2,1H3,(H,19,20). The van der Waals surface area contributed by atoms with Crippen LogP contribution >= 0.6 is 11.3 Å². The van der Waals surface area contributed by atoms with Crippen LogP contribution in [0.4, 0.5) is 0 Å². The number of benzene rings is 1. The number of rotatable bonds is 2. The maximum absolute atomic E-state index is 12.8. The molecule has 4 rings (SSSR count). The van der Waals surface area contributed by atoms with Crippen molar-refractivity contribution in [1.29, 1.82) is 0 Å². The summed E-state index contributed by atoms with van der Waals surface area (Å²) in [6, 6.07) is 10.3. The molecule has 2 aromatic heterocycles. The molecule has 3 heterocycles. The van der Waals surface area contributed by atoms with E-state index in [1.165, 1.54) is 21.3 Å². The molecule has 1 aliphatic rings. The van der Waals surface area contributed by atoms with E-state index in [1.807, 2.05) is 17.0 Å². The lowest BCUT2D eigenvalue weighted by Gasteiger charge is -2.31. The minimum atomic E-state index is 0.175. The van der Waals surface area contributed by atoms with Gasteiger partial charge in [-0.1, -0.05) is 18.2 Å². The van der Waals surface area contributed by atoms with Crippen molar-refractivity contribution in [2.75, 3.05) is 13.1 Å². The first-order valence-electron chi connectivity index (χ1n) is 8.00. The Bertz CT molecular complexity index is 829. The van der Waals surface area contributed by atoms with E-state index in [1.54, 1.807) is 17.5 Å². The van der Waals surface area contributed by atoms with E-state index in [9.17, 15) is 4.79 Å². The average Bonchev–Trinajstić information content (AvgIpc) is 3.24. The molecule has 118 valence electrons. The molecule has 1 amide bonds. The van der Waals surface area contributed by atoms with Crippen molar-refractivity contribution in [3.63, 3.8) is 0 Å². The van der Waals surface area contributed by atoms with E-state index in [-0.39, 0.29) is 5.91 Å². The van der Waals surface area contributed by atoms with Gasteiger partial charge in [-0.2, -0.15) is 5.10 Å². The van der Waals surface area contributed by atoms with E-state index in [0.29, 0.717) is 5.92 Å². The number of fused-ring (bicyclic) bond motifs is 1. The van der Waals surface area contributed by atoms with Crippen LogP contribution in [0.25, 0.3) is 10.1 Å². The molecule has 0 atom stereocenters. The fraction of sp³-hybridized carbons (Fsp3) is 0.333. The molecule has 3 aromatic rings. The van der Waals surface area contributed by atoms with E-state index in [0.717, 1.165) is 30.8 Å². The number of piperidine rings is 1. The lowest BCUT2D eigenvalue weighted by atomic mass is 9.93. The predicted molar refractivity (Wildman–Crippen MR) is 93.0 cm³/mol. The molecule has 23 heavy (non-hydrogen) atoms. The summed E-state index contributed by atoms with van der Waals surface area (Å²) in [4.78, 5) is 15.6. The number of thiophene rings is 1. The number of amides is 1. The summed E-state index contributed by atoms with van der Waals surface area (Å²) in [6.45, 7) is 3.73. The zero-order chi connectivity index (χ0) is 15.8. The molecule has 0 radical (unpaired) electrons. The van der Waals surface area contributed by atoms with Crippen LogP contribution in [0.5, 0.6) is 0 Å². The van der Waals surface area contributed by atoms with E-state index in [4.69, 9.17) is 0 Å². The number of likely N-dealkylation sites (tertiary alicyclic amines) is 1. The number of aryl methyl sites for hydroxylation is 1. The highest BCUT2D eigenvalue weighted by molar-refractivity contribution is 7.21. The number of carbonyl (C=O) groups excluding carboxylic acids is 1. The van der Waals surface area contributed by atoms with Gasteiger partial charge >= 0.3 is 0 Å². The average molecular weight is 325 g/mol. The van der Waals surface area contributed by atoms with Crippen LogP contribution in [0.3, 0.4) is 0 Å². The Morgan fingerprint density at radius 2 is 2.13 bits per heavy atom. The summed E-state index contributed by atoms with van der Waals surface area (Å²) in [6.07, 6.45) is 3.79. The summed E-state index contributed by atoms with van der Waals surface area (Å²) in [7, 11) is 0. The summed E-state index contributed by atoms with van der Waals surface area (Å²) < 4.78 is 1.23. The van der Waals surface area contributed by atoms with Gasteiger partial charge in [0.05, 0.1) is 4.88 Å². The van der Waals surface area contributed by atoms with Crippen molar-refractivity contribution in [1.82, 2.24) is 15.1 Å². The largest absolute Gasteiger partial charge is 0.338 e. The van der Waals surface area contributed by atoms with Crippen LogP contribution in [0.2, 0.25) is 0 Å². The maximum atomic E-state index is 12.8. The molecule has 0 unspecified atom stereocenters. The number of nitrogens with one attached hydrogen (secondary N) is 1.